The molecule has 8 nitrogen and oxygen atoms in total. The summed E-state index contributed by atoms with van der Waals surface area (Å²) < 4.78 is 41.4. The molecule has 0 amide bonds. The normalized spacial score (nSPS) is 19.4. The van der Waals surface area contributed by atoms with Crippen LogP contribution >= 0.6 is 0 Å². The highest BCUT2D eigenvalue weighted by atomic mass is 32.2. The summed E-state index contributed by atoms with van der Waals surface area (Å²) >= 11 is 0. The largest absolute Gasteiger partial charge is 0.393 e. The standard InChI is InChI=1S/C10H18O2.C7H8O3S.C6H14O2.C4H6O/c1-3-9(4-2)8-11-10(12-9)6-5-7-10;1-6-2-4-7(5-3-6)11(8,9)10;1-3-6(8,4-2)5-7;5-4-2-1-3-4/h3-8H2,1-2H3;2-5H,1H3,(H,8,9,10);7-8H,3-5H2,1-2H3;1-3H2. The molecule has 0 radical (unpaired) electrons. The van der Waals surface area contributed by atoms with Crippen molar-refractivity contribution in [3.8, 4) is 0 Å². The molecule has 3 fully saturated rings. The van der Waals surface area contributed by atoms with E-state index in [4.69, 9.17) is 19.1 Å². The van der Waals surface area contributed by atoms with Gasteiger partial charge in [0, 0.05) is 25.7 Å². The minimum absolute atomic E-state index is 0.0421. The van der Waals surface area contributed by atoms with Crippen molar-refractivity contribution in [1.29, 1.82) is 0 Å². The second kappa shape index (κ2) is 14.5. The van der Waals surface area contributed by atoms with Crippen LogP contribution < -0.4 is 0 Å². The Bertz CT molecular complexity index is 869. The predicted octanol–water partition coefficient (Wildman–Crippen LogP) is 4.98. The molecule has 1 aliphatic heterocycles. The first-order chi connectivity index (χ1) is 16.8. The van der Waals surface area contributed by atoms with Crippen LogP contribution in [0.15, 0.2) is 29.2 Å². The number of hydrogen-bond acceptors (Lipinski definition) is 7. The fourth-order valence-corrected chi connectivity index (χ4v) is 4.01. The molecule has 3 aliphatic rings. The van der Waals surface area contributed by atoms with E-state index >= 15 is 0 Å². The zero-order chi connectivity index (χ0) is 27.5. The van der Waals surface area contributed by atoms with E-state index in [9.17, 15) is 18.3 Å². The Morgan fingerprint density at radius 3 is 1.67 bits per heavy atom. The monoisotopic (exact) mass is 530 g/mol. The summed E-state index contributed by atoms with van der Waals surface area (Å²) in [6.07, 6.45) is 9.71. The SMILES string of the molecule is CCC(O)(CC)CO.CCC1(CC)COC2(CCC2)O1.Cc1ccc(S(=O)(=O)O)cc1.O=C1CCC1. The Hall–Kier alpha value is -1.36. The molecule has 0 aromatic heterocycles. The van der Waals surface area contributed by atoms with Gasteiger partial charge in [-0.1, -0.05) is 45.4 Å². The number of ether oxygens (including phenoxy) is 2. The lowest BCUT2D eigenvalue weighted by atomic mass is 9.91. The van der Waals surface area contributed by atoms with Crippen molar-refractivity contribution >= 4 is 15.9 Å². The first kappa shape index (κ1) is 32.7. The van der Waals surface area contributed by atoms with Gasteiger partial charge in [-0.15, -0.1) is 0 Å². The molecule has 208 valence electrons. The number of aliphatic hydroxyl groups is 2. The van der Waals surface area contributed by atoms with Gasteiger partial charge in [-0.2, -0.15) is 8.42 Å². The lowest BCUT2D eigenvalue weighted by molar-refractivity contribution is -0.232. The van der Waals surface area contributed by atoms with Gasteiger partial charge in [-0.25, -0.2) is 0 Å². The number of carbonyl (C=O) groups excluding carboxylic acids is 1. The molecule has 1 aromatic rings. The van der Waals surface area contributed by atoms with Crippen LogP contribution in [0.5, 0.6) is 0 Å². The number of Topliss-reactive ketones (excluding diaryl/α,β-unsaturated/α-hetero) is 1. The Morgan fingerprint density at radius 1 is 0.972 bits per heavy atom. The molecule has 0 unspecified atom stereocenters. The van der Waals surface area contributed by atoms with Gasteiger partial charge in [-0.05, 0) is 57.6 Å². The predicted molar refractivity (Wildman–Crippen MR) is 139 cm³/mol. The van der Waals surface area contributed by atoms with Gasteiger partial charge in [0.2, 0.25) is 0 Å². The van der Waals surface area contributed by atoms with Crippen molar-refractivity contribution in [1.82, 2.24) is 0 Å². The average Bonchev–Trinajstić information content (AvgIpc) is 3.25. The van der Waals surface area contributed by atoms with Crippen molar-refractivity contribution in [2.24, 2.45) is 0 Å². The highest BCUT2D eigenvalue weighted by Crippen LogP contribution is 2.47. The fraction of sp³-hybridized carbons (Fsp3) is 0.741. The molecule has 1 spiro atoms. The maximum atomic E-state index is 10.5. The third-order valence-electron chi connectivity index (χ3n) is 7.25. The van der Waals surface area contributed by atoms with E-state index in [1.54, 1.807) is 12.1 Å². The molecule has 2 saturated carbocycles. The van der Waals surface area contributed by atoms with Gasteiger partial charge in [0.1, 0.15) is 5.78 Å². The topological polar surface area (TPSA) is 130 Å². The smallest absolute Gasteiger partial charge is 0.294 e. The molecular formula is C27H46O8S. The number of hydrogen-bond donors (Lipinski definition) is 3. The van der Waals surface area contributed by atoms with E-state index < -0.39 is 15.7 Å². The summed E-state index contributed by atoms with van der Waals surface area (Å²) in [7, 11) is -4.02. The van der Waals surface area contributed by atoms with Crippen LogP contribution in [0.1, 0.15) is 97.5 Å². The zero-order valence-electron chi connectivity index (χ0n) is 22.6. The quantitative estimate of drug-likeness (QED) is 0.439. The molecule has 1 saturated heterocycles. The summed E-state index contributed by atoms with van der Waals surface area (Å²) in [6.45, 7) is 10.6. The van der Waals surface area contributed by atoms with Crippen molar-refractivity contribution in [2.75, 3.05) is 13.2 Å². The van der Waals surface area contributed by atoms with E-state index in [-0.39, 0.29) is 22.9 Å². The number of aryl methyl sites for hydroxylation is 1. The Kier molecular flexibility index (Phi) is 13.2. The third-order valence-corrected chi connectivity index (χ3v) is 8.11. The van der Waals surface area contributed by atoms with Gasteiger partial charge in [0.15, 0.2) is 5.79 Å². The van der Waals surface area contributed by atoms with Crippen LogP contribution in [-0.4, -0.2) is 59.2 Å². The summed E-state index contributed by atoms with van der Waals surface area (Å²) in [6, 6.07) is 5.99. The highest BCUT2D eigenvalue weighted by molar-refractivity contribution is 7.85. The zero-order valence-corrected chi connectivity index (χ0v) is 23.4. The molecule has 2 aliphatic carbocycles. The second-order valence-electron chi connectivity index (χ2n) is 9.82. The number of carbonyl (C=O) groups is 1. The van der Waals surface area contributed by atoms with E-state index in [0.717, 1.165) is 57.1 Å². The maximum Gasteiger partial charge on any atom is 0.294 e. The lowest BCUT2D eigenvalue weighted by Gasteiger charge is -2.38. The van der Waals surface area contributed by atoms with E-state index in [1.807, 2.05) is 20.8 Å². The molecule has 1 heterocycles. The lowest BCUT2D eigenvalue weighted by Crippen LogP contribution is -2.41. The summed E-state index contributed by atoms with van der Waals surface area (Å²) in [4.78, 5) is 9.83. The van der Waals surface area contributed by atoms with E-state index in [0.29, 0.717) is 18.6 Å². The van der Waals surface area contributed by atoms with Crippen LogP contribution in [-0.2, 0) is 24.4 Å². The first-order valence-corrected chi connectivity index (χ1v) is 14.5. The molecule has 0 atom stereocenters. The fourth-order valence-electron chi connectivity index (χ4n) is 3.53. The van der Waals surface area contributed by atoms with Crippen molar-refractivity contribution in [3.63, 3.8) is 0 Å². The van der Waals surface area contributed by atoms with Gasteiger partial charge >= 0.3 is 0 Å². The minimum atomic E-state index is -4.02. The highest BCUT2D eigenvalue weighted by Gasteiger charge is 2.51. The Balaban J connectivity index is 0.000000251. The van der Waals surface area contributed by atoms with Crippen LogP contribution in [0.2, 0.25) is 0 Å². The molecule has 36 heavy (non-hydrogen) atoms. The number of aliphatic hydroxyl groups excluding tert-OH is 1. The summed E-state index contributed by atoms with van der Waals surface area (Å²) in [5, 5.41) is 17.7. The number of rotatable bonds is 6. The maximum absolute atomic E-state index is 10.5. The summed E-state index contributed by atoms with van der Waals surface area (Å²) in [5.41, 5.74) is 0.179. The minimum Gasteiger partial charge on any atom is -0.393 e. The molecule has 4 rings (SSSR count). The van der Waals surface area contributed by atoms with E-state index in [1.165, 1.54) is 18.6 Å². The van der Waals surface area contributed by atoms with Crippen LogP contribution in [0.25, 0.3) is 0 Å². The molecular weight excluding hydrogens is 484 g/mol. The van der Waals surface area contributed by atoms with Crippen LogP contribution in [0.4, 0.5) is 0 Å². The average molecular weight is 531 g/mol. The number of ketones is 1. The molecule has 1 aromatic carbocycles. The third kappa shape index (κ3) is 10.2. The van der Waals surface area contributed by atoms with Gasteiger partial charge in [0.25, 0.3) is 10.1 Å². The Labute approximate surface area is 217 Å². The second-order valence-corrected chi connectivity index (χ2v) is 11.2. The van der Waals surface area contributed by atoms with E-state index in [2.05, 4.69) is 13.8 Å². The Morgan fingerprint density at radius 2 is 1.47 bits per heavy atom. The molecule has 3 N–H and O–H groups in total. The number of benzene rings is 1. The molecule has 0 bridgehead atoms. The summed E-state index contributed by atoms with van der Waals surface area (Å²) in [5.74, 6) is 0.288. The van der Waals surface area contributed by atoms with Gasteiger partial charge in [-0.3, -0.25) is 9.35 Å². The molecule has 9 heteroatoms. The van der Waals surface area contributed by atoms with Gasteiger partial charge in [0.05, 0.1) is 29.3 Å². The van der Waals surface area contributed by atoms with Crippen molar-refractivity contribution < 1.29 is 37.5 Å². The van der Waals surface area contributed by atoms with Gasteiger partial charge < -0.3 is 19.7 Å². The van der Waals surface area contributed by atoms with Crippen molar-refractivity contribution in [2.45, 2.75) is 121 Å². The first-order valence-electron chi connectivity index (χ1n) is 13.1. The van der Waals surface area contributed by atoms with Crippen LogP contribution in [0, 0.1) is 6.92 Å². The van der Waals surface area contributed by atoms with Crippen molar-refractivity contribution in [3.05, 3.63) is 29.8 Å². The van der Waals surface area contributed by atoms with Crippen LogP contribution in [0.3, 0.4) is 0 Å².